The van der Waals surface area contributed by atoms with Crippen LogP contribution in [0.4, 0.5) is 0 Å². The second-order valence-corrected chi connectivity index (χ2v) is 2.82. The summed E-state index contributed by atoms with van der Waals surface area (Å²) in [5, 5.41) is 8.62. The summed E-state index contributed by atoms with van der Waals surface area (Å²) in [5.74, 6) is -1.40. The Kier molecular flexibility index (Phi) is 4.36. The molecule has 0 atom stereocenters. The lowest BCUT2D eigenvalue weighted by Crippen LogP contribution is -2.34. The van der Waals surface area contributed by atoms with Gasteiger partial charge in [-0.3, -0.25) is 9.59 Å². The van der Waals surface area contributed by atoms with Gasteiger partial charge in [-0.05, 0) is 0 Å². The molecular formula is C7H10ClNO3. The number of carbonyl (C=O) groups excluding carboxylic acids is 1. The minimum atomic E-state index is -1.07. The molecule has 0 heterocycles. The van der Waals surface area contributed by atoms with Crippen LogP contribution >= 0.6 is 11.6 Å². The van der Waals surface area contributed by atoms with Crippen LogP contribution in [0.3, 0.4) is 0 Å². The lowest BCUT2D eigenvalue weighted by atomic mass is 10.4. The van der Waals surface area contributed by atoms with Crippen molar-refractivity contribution in [2.75, 3.05) is 13.1 Å². The second-order valence-electron chi connectivity index (χ2n) is 2.29. The molecule has 0 saturated carbocycles. The van der Waals surface area contributed by atoms with Crippen molar-refractivity contribution in [2.45, 2.75) is 6.92 Å². The van der Waals surface area contributed by atoms with Crippen LogP contribution in [-0.4, -0.2) is 35.0 Å². The third-order valence-corrected chi connectivity index (χ3v) is 1.25. The molecule has 68 valence electrons. The van der Waals surface area contributed by atoms with Gasteiger partial charge in [-0.15, -0.1) is 0 Å². The quantitative estimate of drug-likeness (QED) is 0.711. The average Bonchev–Trinajstić information content (AvgIpc) is 1.83. The number of carbonyl (C=O) groups is 2. The number of aliphatic carboxylic acids is 1. The fraction of sp³-hybridized carbons (Fsp3) is 0.429. The summed E-state index contributed by atoms with van der Waals surface area (Å²) in [5.41, 5.74) is 0. The maximum Gasteiger partial charge on any atom is 0.323 e. The van der Waals surface area contributed by atoms with E-state index in [0.717, 1.165) is 4.90 Å². The number of nitrogens with zero attached hydrogens (tertiary/aromatic N) is 1. The molecule has 0 radical (unpaired) electrons. The summed E-state index contributed by atoms with van der Waals surface area (Å²) in [6.07, 6.45) is 0. The van der Waals surface area contributed by atoms with Crippen LogP contribution in [0.1, 0.15) is 6.92 Å². The number of carboxylic acids is 1. The van der Waals surface area contributed by atoms with E-state index in [1.807, 2.05) is 0 Å². The molecule has 12 heavy (non-hydrogen) atoms. The molecule has 0 spiro atoms. The predicted octanol–water partition coefficient (Wildman–Crippen LogP) is 0.672. The summed E-state index contributed by atoms with van der Waals surface area (Å²) in [6, 6.07) is 0. The Morgan fingerprint density at radius 1 is 1.50 bits per heavy atom. The molecule has 0 saturated heterocycles. The van der Waals surface area contributed by atoms with Crippen LogP contribution < -0.4 is 0 Å². The Bertz CT molecular complexity index is 199. The molecule has 0 aromatic heterocycles. The van der Waals surface area contributed by atoms with Crippen LogP contribution in [0.5, 0.6) is 0 Å². The summed E-state index contributed by atoms with van der Waals surface area (Å²) in [4.78, 5) is 22.1. The number of carboxylic acid groups (broad SMARTS) is 1. The molecule has 1 N–H and O–H groups in total. The van der Waals surface area contributed by atoms with Gasteiger partial charge in [-0.1, -0.05) is 18.2 Å². The van der Waals surface area contributed by atoms with Crippen molar-refractivity contribution in [1.82, 2.24) is 4.90 Å². The highest BCUT2D eigenvalue weighted by Crippen LogP contribution is 2.01. The van der Waals surface area contributed by atoms with E-state index in [1.165, 1.54) is 6.92 Å². The van der Waals surface area contributed by atoms with Crippen LogP contribution in [0.25, 0.3) is 0 Å². The third-order valence-electron chi connectivity index (χ3n) is 1.13. The first-order chi connectivity index (χ1) is 5.43. The zero-order chi connectivity index (χ0) is 9.72. The zero-order valence-electron chi connectivity index (χ0n) is 6.71. The molecule has 5 heteroatoms. The van der Waals surface area contributed by atoms with E-state index in [-0.39, 0.29) is 24.0 Å². The van der Waals surface area contributed by atoms with Crippen LogP contribution in [-0.2, 0) is 9.59 Å². The third kappa shape index (κ3) is 4.73. The average molecular weight is 192 g/mol. The van der Waals surface area contributed by atoms with E-state index in [9.17, 15) is 9.59 Å². The molecule has 0 bridgehead atoms. The van der Waals surface area contributed by atoms with Gasteiger partial charge in [0.2, 0.25) is 5.91 Å². The van der Waals surface area contributed by atoms with Gasteiger partial charge in [0, 0.05) is 12.0 Å². The van der Waals surface area contributed by atoms with E-state index in [4.69, 9.17) is 16.7 Å². The molecule has 0 aliphatic heterocycles. The van der Waals surface area contributed by atoms with Gasteiger partial charge in [0.05, 0.1) is 6.54 Å². The molecule has 0 aromatic rings. The highest BCUT2D eigenvalue weighted by molar-refractivity contribution is 6.29. The summed E-state index contributed by atoms with van der Waals surface area (Å²) in [6.45, 7) is 4.37. The Balaban J connectivity index is 4.14. The van der Waals surface area contributed by atoms with Gasteiger partial charge >= 0.3 is 5.97 Å². The lowest BCUT2D eigenvalue weighted by Gasteiger charge is -2.17. The predicted molar refractivity (Wildman–Crippen MR) is 44.9 cm³/mol. The standard InChI is InChI=1S/C7H10ClNO3/c1-5(8)3-9(6(2)10)4-7(11)12/h1,3-4H2,2H3,(H,11,12). The minimum absolute atomic E-state index is 0.0726. The maximum atomic E-state index is 10.8. The van der Waals surface area contributed by atoms with Crippen molar-refractivity contribution in [3.8, 4) is 0 Å². The van der Waals surface area contributed by atoms with Crippen molar-refractivity contribution in [3.05, 3.63) is 11.6 Å². The fourth-order valence-corrected chi connectivity index (χ4v) is 0.793. The summed E-state index contributed by atoms with van der Waals surface area (Å²) in [7, 11) is 0. The van der Waals surface area contributed by atoms with Crippen molar-refractivity contribution in [2.24, 2.45) is 0 Å². The van der Waals surface area contributed by atoms with Gasteiger partial charge in [0.15, 0.2) is 0 Å². The maximum absolute atomic E-state index is 10.8. The molecule has 0 fully saturated rings. The number of amides is 1. The minimum Gasteiger partial charge on any atom is -0.480 e. The summed E-state index contributed by atoms with van der Waals surface area (Å²) < 4.78 is 0. The van der Waals surface area contributed by atoms with E-state index in [2.05, 4.69) is 6.58 Å². The van der Waals surface area contributed by atoms with E-state index >= 15 is 0 Å². The summed E-state index contributed by atoms with van der Waals surface area (Å²) >= 11 is 5.42. The first-order valence-corrected chi connectivity index (χ1v) is 3.62. The van der Waals surface area contributed by atoms with Gasteiger partial charge in [-0.25, -0.2) is 0 Å². The largest absolute Gasteiger partial charge is 0.480 e. The molecule has 4 nitrogen and oxygen atoms in total. The topological polar surface area (TPSA) is 57.6 Å². The van der Waals surface area contributed by atoms with Gasteiger partial charge in [0.25, 0.3) is 0 Å². The Morgan fingerprint density at radius 3 is 2.25 bits per heavy atom. The van der Waals surface area contributed by atoms with Crippen molar-refractivity contribution < 1.29 is 14.7 Å². The second kappa shape index (κ2) is 4.77. The molecule has 0 rings (SSSR count). The van der Waals surface area contributed by atoms with E-state index in [1.54, 1.807) is 0 Å². The number of hydrogen-bond donors (Lipinski definition) is 1. The number of hydrogen-bond acceptors (Lipinski definition) is 2. The molecule has 0 aliphatic carbocycles. The molecule has 0 unspecified atom stereocenters. The zero-order valence-corrected chi connectivity index (χ0v) is 7.47. The van der Waals surface area contributed by atoms with Crippen molar-refractivity contribution in [1.29, 1.82) is 0 Å². The lowest BCUT2D eigenvalue weighted by molar-refractivity contribution is -0.143. The number of rotatable bonds is 4. The van der Waals surface area contributed by atoms with Crippen LogP contribution in [0.2, 0.25) is 0 Å². The van der Waals surface area contributed by atoms with Gasteiger partial charge < -0.3 is 10.0 Å². The first-order valence-electron chi connectivity index (χ1n) is 3.24. The number of halogens is 1. The van der Waals surface area contributed by atoms with E-state index < -0.39 is 5.97 Å². The smallest absolute Gasteiger partial charge is 0.323 e. The molecular weight excluding hydrogens is 182 g/mol. The normalized spacial score (nSPS) is 9.17. The van der Waals surface area contributed by atoms with Crippen molar-refractivity contribution in [3.63, 3.8) is 0 Å². The SMILES string of the molecule is C=C(Cl)CN(CC(=O)O)C(C)=O. The Morgan fingerprint density at radius 2 is 2.00 bits per heavy atom. The fourth-order valence-electron chi connectivity index (χ4n) is 0.649. The Labute approximate surface area is 75.4 Å². The van der Waals surface area contributed by atoms with Gasteiger partial charge in [0.1, 0.15) is 6.54 Å². The van der Waals surface area contributed by atoms with E-state index in [0.29, 0.717) is 0 Å². The molecule has 0 aromatic carbocycles. The van der Waals surface area contributed by atoms with Gasteiger partial charge in [-0.2, -0.15) is 0 Å². The highest BCUT2D eigenvalue weighted by Gasteiger charge is 2.12. The van der Waals surface area contributed by atoms with Crippen LogP contribution in [0, 0.1) is 0 Å². The van der Waals surface area contributed by atoms with Crippen molar-refractivity contribution >= 4 is 23.5 Å². The monoisotopic (exact) mass is 191 g/mol. The molecule has 0 aliphatic rings. The molecule has 1 amide bonds. The first kappa shape index (κ1) is 11.0. The Hall–Kier alpha value is -1.03. The van der Waals surface area contributed by atoms with Crippen LogP contribution in [0.15, 0.2) is 11.6 Å². The highest BCUT2D eigenvalue weighted by atomic mass is 35.5.